The Morgan fingerprint density at radius 2 is 1.89 bits per heavy atom. The molecule has 0 unspecified atom stereocenters. The third-order valence-electron chi connectivity index (χ3n) is 2.14. The lowest BCUT2D eigenvalue weighted by Crippen LogP contribution is -1.95. The van der Waals surface area contributed by atoms with Crippen LogP contribution in [-0.4, -0.2) is 12.0 Å². The van der Waals surface area contributed by atoms with Crippen molar-refractivity contribution in [2.75, 3.05) is 12.4 Å². The molecule has 0 aliphatic carbocycles. The highest BCUT2D eigenvalue weighted by Gasteiger charge is 2.10. The molecule has 2 aromatic rings. The van der Waals surface area contributed by atoms with Gasteiger partial charge in [-0.2, -0.15) is 0 Å². The summed E-state index contributed by atoms with van der Waals surface area (Å²) in [5, 5.41) is 5.30. The van der Waals surface area contributed by atoms with Crippen LogP contribution in [0.2, 0.25) is 15.1 Å². The largest absolute Gasteiger partial charge is 0.372 e. The zero-order valence-electron chi connectivity index (χ0n) is 9.38. The van der Waals surface area contributed by atoms with Gasteiger partial charge in [-0.25, -0.2) is 4.98 Å². The maximum atomic E-state index is 6.12. The molecule has 2 nitrogen and oxygen atoms in total. The van der Waals surface area contributed by atoms with E-state index in [1.807, 2.05) is 24.3 Å². The summed E-state index contributed by atoms with van der Waals surface area (Å²) >= 11 is 19.5. The molecule has 1 heterocycles. The number of pyridine rings is 1. The molecule has 2 rings (SSSR count). The molecule has 0 saturated heterocycles. The summed E-state index contributed by atoms with van der Waals surface area (Å²) in [6.45, 7) is 0. The van der Waals surface area contributed by atoms with Gasteiger partial charge >= 0.3 is 0 Å². The summed E-state index contributed by atoms with van der Waals surface area (Å²) < 4.78 is 0. The Morgan fingerprint density at radius 3 is 2.56 bits per heavy atom. The molecule has 1 aromatic carbocycles. The van der Waals surface area contributed by atoms with Gasteiger partial charge in [-0.15, -0.1) is 0 Å². The normalized spacial score (nSPS) is 10.4. The molecule has 0 amide bonds. The predicted molar refractivity (Wildman–Crippen MR) is 79.4 cm³/mol. The van der Waals surface area contributed by atoms with Crippen molar-refractivity contribution in [2.24, 2.45) is 0 Å². The number of halogens is 3. The molecule has 0 spiro atoms. The molecule has 1 aromatic heterocycles. The second-order valence-electron chi connectivity index (χ2n) is 3.42. The molecule has 0 fully saturated rings. The first kappa shape index (κ1) is 13.8. The fraction of sp³-hybridized carbons (Fsp3) is 0.0833. The van der Waals surface area contributed by atoms with Crippen LogP contribution in [0, 0.1) is 0 Å². The highest BCUT2D eigenvalue weighted by molar-refractivity contribution is 7.99. The Morgan fingerprint density at radius 1 is 1.11 bits per heavy atom. The van der Waals surface area contributed by atoms with Crippen LogP contribution in [0.25, 0.3) is 0 Å². The zero-order valence-corrected chi connectivity index (χ0v) is 12.5. The zero-order chi connectivity index (χ0) is 13.1. The van der Waals surface area contributed by atoms with Gasteiger partial charge in [0.05, 0.1) is 10.0 Å². The molecular formula is C12H9Cl3N2S. The van der Waals surface area contributed by atoms with Gasteiger partial charge < -0.3 is 5.32 Å². The SMILES string of the molecule is CNc1nc(Sc2cccc(Cl)c2)c(Cl)cc1Cl. The van der Waals surface area contributed by atoms with Gasteiger partial charge in [0.1, 0.15) is 10.8 Å². The van der Waals surface area contributed by atoms with Crippen LogP contribution in [-0.2, 0) is 0 Å². The van der Waals surface area contributed by atoms with E-state index in [0.717, 1.165) is 4.90 Å². The Bertz CT molecular complexity index is 575. The summed E-state index contributed by atoms with van der Waals surface area (Å²) in [4.78, 5) is 5.33. The van der Waals surface area contributed by atoms with Crippen molar-refractivity contribution in [3.8, 4) is 0 Å². The number of nitrogens with zero attached hydrogens (tertiary/aromatic N) is 1. The van der Waals surface area contributed by atoms with Crippen LogP contribution < -0.4 is 5.32 Å². The summed E-state index contributed by atoms with van der Waals surface area (Å²) in [6, 6.07) is 9.18. The van der Waals surface area contributed by atoms with Crippen molar-refractivity contribution in [1.82, 2.24) is 4.98 Å². The molecule has 0 atom stereocenters. The Labute approximate surface area is 125 Å². The Kier molecular flexibility index (Phi) is 4.62. The van der Waals surface area contributed by atoms with Crippen LogP contribution in [0.15, 0.2) is 40.3 Å². The van der Waals surface area contributed by atoms with Crippen molar-refractivity contribution in [2.45, 2.75) is 9.92 Å². The van der Waals surface area contributed by atoms with Crippen LogP contribution in [0.1, 0.15) is 0 Å². The second kappa shape index (κ2) is 6.02. The second-order valence-corrected chi connectivity index (χ2v) is 5.73. The molecule has 18 heavy (non-hydrogen) atoms. The monoisotopic (exact) mass is 318 g/mol. The van der Waals surface area contributed by atoms with Gasteiger partial charge in [-0.3, -0.25) is 0 Å². The quantitative estimate of drug-likeness (QED) is 0.838. The molecule has 6 heteroatoms. The molecule has 0 aliphatic rings. The lowest BCUT2D eigenvalue weighted by atomic mass is 10.4. The number of rotatable bonds is 3. The number of hydrogen-bond acceptors (Lipinski definition) is 3. The predicted octanol–water partition coefficient (Wildman–Crippen LogP) is 5.23. The van der Waals surface area contributed by atoms with Crippen LogP contribution in [0.5, 0.6) is 0 Å². The van der Waals surface area contributed by atoms with E-state index in [2.05, 4.69) is 10.3 Å². The highest BCUT2D eigenvalue weighted by Crippen LogP contribution is 2.36. The minimum Gasteiger partial charge on any atom is -0.372 e. The first-order chi connectivity index (χ1) is 8.60. The third kappa shape index (κ3) is 3.23. The molecule has 0 bridgehead atoms. The van der Waals surface area contributed by atoms with Crippen LogP contribution in [0.3, 0.4) is 0 Å². The summed E-state index contributed by atoms with van der Waals surface area (Å²) in [7, 11) is 1.76. The van der Waals surface area contributed by atoms with Crippen molar-refractivity contribution in [1.29, 1.82) is 0 Å². The number of anilines is 1. The van der Waals surface area contributed by atoms with E-state index >= 15 is 0 Å². The standard InChI is InChI=1S/C12H9Cl3N2S/c1-16-11-9(14)6-10(15)12(17-11)18-8-4-2-3-7(13)5-8/h2-6H,1H3,(H,16,17). The van der Waals surface area contributed by atoms with E-state index in [0.29, 0.717) is 25.9 Å². The van der Waals surface area contributed by atoms with E-state index in [-0.39, 0.29) is 0 Å². The number of nitrogens with one attached hydrogen (secondary N) is 1. The van der Waals surface area contributed by atoms with Gasteiger partial charge in [-0.1, -0.05) is 52.6 Å². The minimum atomic E-state index is 0.498. The molecule has 1 N–H and O–H groups in total. The number of aromatic nitrogens is 1. The van der Waals surface area contributed by atoms with Crippen molar-refractivity contribution in [3.05, 3.63) is 45.4 Å². The summed E-state index contributed by atoms with van der Waals surface area (Å²) in [5.74, 6) is 0.602. The lowest BCUT2D eigenvalue weighted by Gasteiger charge is -2.08. The molecule has 0 radical (unpaired) electrons. The molecule has 94 valence electrons. The van der Waals surface area contributed by atoms with E-state index in [1.54, 1.807) is 13.1 Å². The maximum Gasteiger partial charge on any atom is 0.146 e. The van der Waals surface area contributed by atoms with E-state index in [9.17, 15) is 0 Å². The first-order valence-electron chi connectivity index (χ1n) is 5.07. The van der Waals surface area contributed by atoms with Crippen LogP contribution in [0.4, 0.5) is 5.82 Å². The first-order valence-corrected chi connectivity index (χ1v) is 7.02. The maximum absolute atomic E-state index is 6.12. The van der Waals surface area contributed by atoms with Crippen molar-refractivity contribution < 1.29 is 0 Å². The third-order valence-corrected chi connectivity index (χ3v) is 4.06. The fourth-order valence-electron chi connectivity index (χ4n) is 1.34. The smallest absolute Gasteiger partial charge is 0.146 e. The van der Waals surface area contributed by atoms with Gasteiger partial charge in [0.25, 0.3) is 0 Å². The molecule has 0 aliphatic heterocycles. The van der Waals surface area contributed by atoms with Crippen LogP contribution >= 0.6 is 46.6 Å². The van der Waals surface area contributed by atoms with Crippen molar-refractivity contribution in [3.63, 3.8) is 0 Å². The van der Waals surface area contributed by atoms with Gasteiger partial charge in [0.15, 0.2) is 0 Å². The minimum absolute atomic E-state index is 0.498. The van der Waals surface area contributed by atoms with E-state index < -0.39 is 0 Å². The lowest BCUT2D eigenvalue weighted by molar-refractivity contribution is 1.13. The number of benzene rings is 1. The Balaban J connectivity index is 2.34. The fourth-order valence-corrected chi connectivity index (χ4v) is 3.01. The van der Waals surface area contributed by atoms with E-state index in [4.69, 9.17) is 34.8 Å². The summed E-state index contributed by atoms with van der Waals surface area (Å²) in [5.41, 5.74) is 0. The Hall–Kier alpha value is -0.610. The average molecular weight is 320 g/mol. The molecule has 0 saturated carbocycles. The van der Waals surface area contributed by atoms with Gasteiger partial charge in [-0.05, 0) is 24.3 Å². The summed E-state index contributed by atoms with van der Waals surface area (Å²) in [6.07, 6.45) is 0. The average Bonchev–Trinajstić information content (AvgIpc) is 2.33. The van der Waals surface area contributed by atoms with E-state index in [1.165, 1.54) is 11.8 Å². The van der Waals surface area contributed by atoms with Gasteiger partial charge in [0.2, 0.25) is 0 Å². The van der Waals surface area contributed by atoms with Gasteiger partial charge in [0, 0.05) is 17.0 Å². The topological polar surface area (TPSA) is 24.9 Å². The number of hydrogen-bond donors (Lipinski definition) is 1. The highest BCUT2D eigenvalue weighted by atomic mass is 35.5. The molecular weight excluding hydrogens is 311 g/mol. The van der Waals surface area contributed by atoms with Crippen molar-refractivity contribution >= 4 is 52.4 Å².